The van der Waals surface area contributed by atoms with E-state index in [1.807, 2.05) is 63.2 Å². The number of carbonyl (C=O) groups is 1. The van der Waals surface area contributed by atoms with Crippen molar-refractivity contribution in [2.75, 3.05) is 5.32 Å². The van der Waals surface area contributed by atoms with E-state index in [-0.39, 0.29) is 5.57 Å². The third kappa shape index (κ3) is 4.94. The van der Waals surface area contributed by atoms with Crippen LogP contribution in [0.4, 0.5) is 5.69 Å². The monoisotopic (exact) mass is 397 g/mol. The number of nitrogens with one attached hydrogen (secondary N) is 2. The summed E-state index contributed by atoms with van der Waals surface area (Å²) in [7, 11) is 0. The Balaban J connectivity index is 2.09. The number of carbonyl (C=O) groups excluding carboxylic acids is 1. The molecule has 0 saturated carbocycles. The molecule has 0 saturated heterocycles. The molecule has 0 aromatic heterocycles. The van der Waals surface area contributed by atoms with Gasteiger partial charge in [0.1, 0.15) is 11.6 Å². The first-order chi connectivity index (χ1) is 11.9. The van der Waals surface area contributed by atoms with Crippen LogP contribution in [0.5, 0.6) is 0 Å². The summed E-state index contributed by atoms with van der Waals surface area (Å²) in [5.41, 5.74) is 4.92. The molecule has 0 atom stereocenters. The van der Waals surface area contributed by atoms with E-state index in [4.69, 9.17) is 0 Å². The number of aryl methyl sites for hydroxylation is 3. The number of anilines is 1. The van der Waals surface area contributed by atoms with Gasteiger partial charge in [0.2, 0.25) is 0 Å². The van der Waals surface area contributed by atoms with Crippen LogP contribution < -0.4 is 10.6 Å². The van der Waals surface area contributed by atoms with Gasteiger partial charge >= 0.3 is 0 Å². The van der Waals surface area contributed by atoms with Crippen LogP contribution >= 0.6 is 15.9 Å². The first kappa shape index (κ1) is 18.8. The SMILES string of the molecule is Cc1cc(C)c(NC(=O)/C(C#N)=C\NCc2ccccc2Br)c(C)c1. The zero-order chi connectivity index (χ0) is 18.4. The average molecular weight is 398 g/mol. The summed E-state index contributed by atoms with van der Waals surface area (Å²) in [6, 6.07) is 13.7. The molecule has 0 unspecified atom stereocenters. The van der Waals surface area contributed by atoms with E-state index in [0.29, 0.717) is 6.54 Å². The third-order valence-electron chi connectivity index (χ3n) is 3.78. The first-order valence-corrected chi connectivity index (χ1v) is 8.68. The highest BCUT2D eigenvalue weighted by atomic mass is 79.9. The second-order valence-electron chi connectivity index (χ2n) is 5.87. The van der Waals surface area contributed by atoms with Crippen molar-refractivity contribution in [1.82, 2.24) is 5.32 Å². The summed E-state index contributed by atoms with van der Waals surface area (Å²) in [6.07, 6.45) is 1.45. The van der Waals surface area contributed by atoms with Crippen molar-refractivity contribution >= 4 is 27.5 Å². The van der Waals surface area contributed by atoms with Gasteiger partial charge in [0.25, 0.3) is 5.91 Å². The molecule has 0 bridgehead atoms. The van der Waals surface area contributed by atoms with Gasteiger partial charge in [-0.2, -0.15) is 5.26 Å². The van der Waals surface area contributed by atoms with Gasteiger partial charge in [0.15, 0.2) is 0 Å². The molecule has 2 aromatic rings. The average Bonchev–Trinajstić information content (AvgIpc) is 2.56. The van der Waals surface area contributed by atoms with Gasteiger partial charge in [-0.1, -0.05) is 51.8 Å². The maximum atomic E-state index is 12.4. The first-order valence-electron chi connectivity index (χ1n) is 7.88. The number of nitriles is 1. The van der Waals surface area contributed by atoms with Crippen molar-refractivity contribution in [1.29, 1.82) is 5.26 Å². The molecular weight excluding hydrogens is 378 g/mol. The van der Waals surface area contributed by atoms with Gasteiger partial charge in [-0.25, -0.2) is 0 Å². The van der Waals surface area contributed by atoms with Crippen molar-refractivity contribution in [2.24, 2.45) is 0 Å². The molecular formula is C20H20BrN3O. The summed E-state index contributed by atoms with van der Waals surface area (Å²) >= 11 is 3.47. The molecule has 2 aromatic carbocycles. The highest BCUT2D eigenvalue weighted by Crippen LogP contribution is 2.22. The van der Waals surface area contributed by atoms with E-state index in [9.17, 15) is 10.1 Å². The lowest BCUT2D eigenvalue weighted by Crippen LogP contribution is -2.18. The van der Waals surface area contributed by atoms with Gasteiger partial charge in [-0.3, -0.25) is 4.79 Å². The van der Waals surface area contributed by atoms with Gasteiger partial charge in [-0.05, 0) is 43.5 Å². The molecule has 1 amide bonds. The van der Waals surface area contributed by atoms with E-state index in [1.54, 1.807) is 0 Å². The molecule has 0 radical (unpaired) electrons. The second kappa shape index (κ2) is 8.50. The summed E-state index contributed by atoms with van der Waals surface area (Å²) in [5, 5.41) is 15.1. The molecule has 4 nitrogen and oxygen atoms in total. The lowest BCUT2D eigenvalue weighted by molar-refractivity contribution is -0.112. The highest BCUT2D eigenvalue weighted by Gasteiger charge is 2.12. The maximum Gasteiger partial charge on any atom is 0.267 e. The van der Waals surface area contributed by atoms with Crippen molar-refractivity contribution in [2.45, 2.75) is 27.3 Å². The van der Waals surface area contributed by atoms with E-state index in [0.717, 1.165) is 32.4 Å². The van der Waals surface area contributed by atoms with Gasteiger partial charge < -0.3 is 10.6 Å². The Kier molecular flexibility index (Phi) is 6.37. The number of hydrogen-bond acceptors (Lipinski definition) is 3. The van der Waals surface area contributed by atoms with Gasteiger partial charge in [0, 0.05) is 22.9 Å². The maximum absolute atomic E-state index is 12.4. The molecule has 2 rings (SSSR count). The number of nitrogens with zero attached hydrogens (tertiary/aromatic N) is 1. The van der Waals surface area contributed by atoms with Crippen LogP contribution in [0.15, 0.2) is 52.6 Å². The lowest BCUT2D eigenvalue weighted by atomic mass is 10.0. The summed E-state index contributed by atoms with van der Waals surface area (Å²) in [6.45, 7) is 6.41. The zero-order valence-electron chi connectivity index (χ0n) is 14.5. The normalized spacial score (nSPS) is 10.9. The summed E-state index contributed by atoms with van der Waals surface area (Å²) < 4.78 is 0.977. The van der Waals surface area contributed by atoms with Crippen LogP contribution in [0.2, 0.25) is 0 Å². The molecule has 0 aliphatic heterocycles. The highest BCUT2D eigenvalue weighted by molar-refractivity contribution is 9.10. The Bertz CT molecular complexity index is 842. The Labute approximate surface area is 156 Å². The number of amides is 1. The van der Waals surface area contributed by atoms with Crippen LogP contribution in [0.25, 0.3) is 0 Å². The number of hydrogen-bond donors (Lipinski definition) is 2. The number of rotatable bonds is 5. The van der Waals surface area contributed by atoms with Crippen molar-refractivity contribution in [3.05, 3.63) is 74.9 Å². The minimum absolute atomic E-state index is 0.0337. The molecule has 25 heavy (non-hydrogen) atoms. The lowest BCUT2D eigenvalue weighted by Gasteiger charge is -2.12. The van der Waals surface area contributed by atoms with E-state index in [2.05, 4.69) is 26.6 Å². The molecule has 2 N–H and O–H groups in total. The third-order valence-corrected chi connectivity index (χ3v) is 4.55. The fourth-order valence-corrected chi connectivity index (χ4v) is 3.04. The topological polar surface area (TPSA) is 64.9 Å². The Morgan fingerprint density at radius 3 is 2.44 bits per heavy atom. The van der Waals surface area contributed by atoms with E-state index >= 15 is 0 Å². The van der Waals surface area contributed by atoms with Crippen LogP contribution in [0.3, 0.4) is 0 Å². The molecule has 0 aliphatic carbocycles. The molecule has 0 heterocycles. The summed E-state index contributed by atoms with van der Waals surface area (Å²) in [5.74, 6) is -0.419. The summed E-state index contributed by atoms with van der Waals surface area (Å²) in [4.78, 5) is 12.4. The van der Waals surface area contributed by atoms with Crippen LogP contribution in [-0.4, -0.2) is 5.91 Å². The Morgan fingerprint density at radius 1 is 1.20 bits per heavy atom. The van der Waals surface area contributed by atoms with Crippen molar-refractivity contribution in [3.63, 3.8) is 0 Å². The van der Waals surface area contributed by atoms with Gasteiger partial charge in [0.05, 0.1) is 0 Å². The van der Waals surface area contributed by atoms with E-state index < -0.39 is 5.91 Å². The largest absolute Gasteiger partial charge is 0.386 e. The van der Waals surface area contributed by atoms with Crippen LogP contribution in [-0.2, 0) is 11.3 Å². The van der Waals surface area contributed by atoms with Crippen molar-refractivity contribution < 1.29 is 4.79 Å². The van der Waals surface area contributed by atoms with Crippen molar-refractivity contribution in [3.8, 4) is 6.07 Å². The van der Waals surface area contributed by atoms with Crippen LogP contribution in [0.1, 0.15) is 22.3 Å². The fourth-order valence-electron chi connectivity index (χ4n) is 2.61. The predicted octanol–water partition coefficient (Wildman–Crippen LogP) is 4.51. The minimum atomic E-state index is -0.419. The van der Waals surface area contributed by atoms with Crippen LogP contribution in [0, 0.1) is 32.1 Å². The number of halogens is 1. The number of benzene rings is 2. The smallest absolute Gasteiger partial charge is 0.267 e. The second-order valence-corrected chi connectivity index (χ2v) is 6.72. The van der Waals surface area contributed by atoms with Gasteiger partial charge in [-0.15, -0.1) is 0 Å². The molecule has 0 fully saturated rings. The Morgan fingerprint density at radius 2 is 1.84 bits per heavy atom. The molecule has 0 aliphatic rings. The molecule has 5 heteroatoms. The molecule has 0 spiro atoms. The Hall–Kier alpha value is -2.58. The molecule has 128 valence electrons. The zero-order valence-corrected chi connectivity index (χ0v) is 16.1. The van der Waals surface area contributed by atoms with E-state index in [1.165, 1.54) is 6.20 Å². The quantitative estimate of drug-likeness (QED) is 0.575. The predicted molar refractivity (Wildman–Crippen MR) is 104 cm³/mol. The fraction of sp³-hybridized carbons (Fsp3) is 0.200. The standard InChI is InChI=1S/C20H20BrN3O/c1-13-8-14(2)19(15(3)9-13)24-20(25)17(10-22)12-23-11-16-6-4-5-7-18(16)21/h4-9,12,23H,11H2,1-3H3,(H,24,25)/b17-12-. The minimum Gasteiger partial charge on any atom is -0.386 e.